The number of carbonyl (C=O) groups excluding carboxylic acids is 1. The molecule has 7 heteroatoms. The molecule has 0 aromatic heterocycles. The summed E-state index contributed by atoms with van der Waals surface area (Å²) in [5.74, 6) is 0.499. The van der Waals surface area contributed by atoms with Crippen molar-refractivity contribution in [3.8, 4) is 5.75 Å². The first-order chi connectivity index (χ1) is 8.77. The lowest BCUT2D eigenvalue weighted by Crippen LogP contribution is -2.37. The highest BCUT2D eigenvalue weighted by atomic mass is 35.7. The van der Waals surface area contributed by atoms with E-state index in [0.29, 0.717) is 23.8 Å². The molecule has 19 heavy (non-hydrogen) atoms. The summed E-state index contributed by atoms with van der Waals surface area (Å²) in [4.78, 5) is 11.8. The van der Waals surface area contributed by atoms with Gasteiger partial charge in [-0.2, -0.15) is 0 Å². The zero-order chi connectivity index (χ0) is 14.2. The number of halogens is 1. The third-order valence-corrected chi connectivity index (χ3v) is 4.09. The van der Waals surface area contributed by atoms with Gasteiger partial charge in [-0.15, -0.1) is 0 Å². The summed E-state index contributed by atoms with van der Waals surface area (Å²) in [6, 6.07) is 4.14. The fourth-order valence-electron chi connectivity index (χ4n) is 1.86. The molecular weight excluding hydrogens is 290 g/mol. The van der Waals surface area contributed by atoms with E-state index in [-0.39, 0.29) is 10.8 Å². The van der Waals surface area contributed by atoms with E-state index in [2.05, 4.69) is 5.32 Å². The van der Waals surface area contributed by atoms with Crippen LogP contribution in [0.4, 0.5) is 5.69 Å². The quantitative estimate of drug-likeness (QED) is 0.870. The second-order valence-corrected chi connectivity index (χ2v) is 7.39. The van der Waals surface area contributed by atoms with Crippen molar-refractivity contribution in [2.45, 2.75) is 31.3 Å². The Kier molecular flexibility index (Phi) is 3.73. The predicted molar refractivity (Wildman–Crippen MR) is 72.0 cm³/mol. The molecule has 5 nitrogen and oxygen atoms in total. The molecule has 0 aliphatic carbocycles. The number of ether oxygens (including phenoxy) is 1. The van der Waals surface area contributed by atoms with Gasteiger partial charge in [0.15, 0.2) is 6.10 Å². The fraction of sp³-hybridized carbons (Fsp3) is 0.417. The SMILES string of the molecule is CC(C)CC1Oc2ccc(S(=O)(=O)Cl)cc2NC1=O. The summed E-state index contributed by atoms with van der Waals surface area (Å²) in [5, 5.41) is 2.64. The van der Waals surface area contributed by atoms with Gasteiger partial charge in [-0.3, -0.25) is 4.79 Å². The smallest absolute Gasteiger partial charge is 0.265 e. The van der Waals surface area contributed by atoms with Crippen molar-refractivity contribution in [3.63, 3.8) is 0 Å². The summed E-state index contributed by atoms with van der Waals surface area (Å²) in [6.07, 6.45) is 0.0480. The molecule has 0 radical (unpaired) electrons. The van der Waals surface area contributed by atoms with E-state index in [4.69, 9.17) is 15.4 Å². The molecule has 1 atom stereocenters. The molecule has 0 saturated heterocycles. The van der Waals surface area contributed by atoms with Crippen molar-refractivity contribution in [2.24, 2.45) is 5.92 Å². The normalized spacial score (nSPS) is 18.7. The summed E-state index contributed by atoms with van der Waals surface area (Å²) in [5.41, 5.74) is 0.326. The third-order valence-electron chi connectivity index (χ3n) is 2.74. The molecule has 0 spiro atoms. The molecule has 1 aliphatic rings. The van der Waals surface area contributed by atoms with E-state index in [9.17, 15) is 13.2 Å². The van der Waals surface area contributed by atoms with E-state index in [1.807, 2.05) is 13.8 Å². The Labute approximate surface area is 116 Å². The molecule has 1 aromatic carbocycles. The van der Waals surface area contributed by atoms with E-state index < -0.39 is 15.2 Å². The number of fused-ring (bicyclic) bond motifs is 1. The van der Waals surface area contributed by atoms with Crippen LogP contribution < -0.4 is 10.1 Å². The van der Waals surface area contributed by atoms with E-state index in [1.54, 1.807) is 0 Å². The largest absolute Gasteiger partial charge is 0.478 e. The average molecular weight is 304 g/mol. The molecule has 1 heterocycles. The van der Waals surface area contributed by atoms with Crippen LogP contribution in [0.5, 0.6) is 5.75 Å². The Morgan fingerprint density at radius 1 is 1.42 bits per heavy atom. The number of carbonyl (C=O) groups is 1. The van der Waals surface area contributed by atoms with Crippen molar-refractivity contribution in [1.29, 1.82) is 0 Å². The second kappa shape index (κ2) is 5.02. The van der Waals surface area contributed by atoms with E-state index >= 15 is 0 Å². The van der Waals surface area contributed by atoms with Crippen LogP contribution in [0.25, 0.3) is 0 Å². The number of anilines is 1. The minimum Gasteiger partial charge on any atom is -0.478 e. The highest BCUT2D eigenvalue weighted by Gasteiger charge is 2.29. The summed E-state index contributed by atoms with van der Waals surface area (Å²) < 4.78 is 28.0. The van der Waals surface area contributed by atoms with Crippen LogP contribution >= 0.6 is 10.7 Å². The van der Waals surface area contributed by atoms with Gasteiger partial charge in [0.05, 0.1) is 10.6 Å². The van der Waals surface area contributed by atoms with Gasteiger partial charge < -0.3 is 10.1 Å². The van der Waals surface area contributed by atoms with Crippen LogP contribution in [0.15, 0.2) is 23.1 Å². The van der Waals surface area contributed by atoms with E-state index in [0.717, 1.165) is 0 Å². The van der Waals surface area contributed by atoms with Gasteiger partial charge in [-0.05, 0) is 30.5 Å². The zero-order valence-corrected chi connectivity index (χ0v) is 12.1. The molecule has 0 fully saturated rings. The van der Waals surface area contributed by atoms with Crippen LogP contribution in [-0.2, 0) is 13.8 Å². The maximum atomic E-state index is 11.8. The monoisotopic (exact) mass is 303 g/mol. The minimum absolute atomic E-state index is 0.0703. The Hall–Kier alpha value is -1.27. The van der Waals surface area contributed by atoms with Gasteiger partial charge in [0.25, 0.3) is 15.0 Å². The lowest BCUT2D eigenvalue weighted by molar-refractivity contribution is -0.124. The standard InChI is InChI=1S/C12H14ClNO4S/c1-7(2)5-11-12(15)14-9-6-8(19(13,16)17)3-4-10(9)18-11/h3-4,6-7,11H,5H2,1-2H3,(H,14,15). The fourth-order valence-corrected chi connectivity index (χ4v) is 2.64. The zero-order valence-electron chi connectivity index (χ0n) is 10.5. The van der Waals surface area contributed by atoms with Gasteiger partial charge in [-0.25, -0.2) is 8.42 Å². The maximum Gasteiger partial charge on any atom is 0.265 e. The summed E-state index contributed by atoms with van der Waals surface area (Å²) >= 11 is 0. The molecule has 0 bridgehead atoms. The Morgan fingerprint density at radius 2 is 2.11 bits per heavy atom. The number of nitrogens with one attached hydrogen (secondary N) is 1. The van der Waals surface area contributed by atoms with Crippen molar-refractivity contribution < 1.29 is 17.9 Å². The maximum absolute atomic E-state index is 11.8. The van der Waals surface area contributed by atoms with Gasteiger partial charge in [-0.1, -0.05) is 13.8 Å². The summed E-state index contributed by atoms with van der Waals surface area (Å²) in [6.45, 7) is 3.99. The van der Waals surface area contributed by atoms with Crippen molar-refractivity contribution in [1.82, 2.24) is 0 Å². The highest BCUT2D eigenvalue weighted by Crippen LogP contribution is 2.33. The Balaban J connectivity index is 2.31. The number of hydrogen-bond acceptors (Lipinski definition) is 4. The molecule has 1 aromatic rings. The molecule has 2 rings (SSSR count). The van der Waals surface area contributed by atoms with Crippen LogP contribution in [-0.4, -0.2) is 20.4 Å². The first kappa shape index (κ1) is 14.1. The third kappa shape index (κ3) is 3.19. The number of rotatable bonds is 3. The topological polar surface area (TPSA) is 72.5 Å². The molecular formula is C12H14ClNO4S. The highest BCUT2D eigenvalue weighted by molar-refractivity contribution is 8.13. The van der Waals surface area contributed by atoms with Gasteiger partial charge in [0, 0.05) is 10.7 Å². The first-order valence-electron chi connectivity index (χ1n) is 5.83. The summed E-state index contributed by atoms with van der Waals surface area (Å²) in [7, 11) is 1.43. The molecule has 104 valence electrons. The number of benzene rings is 1. The van der Waals surface area contributed by atoms with Crippen LogP contribution in [0.3, 0.4) is 0 Å². The second-order valence-electron chi connectivity index (χ2n) is 4.82. The Morgan fingerprint density at radius 3 is 2.68 bits per heavy atom. The minimum atomic E-state index is -3.82. The number of hydrogen-bond donors (Lipinski definition) is 1. The van der Waals surface area contributed by atoms with Crippen molar-refractivity contribution >= 4 is 31.3 Å². The van der Waals surface area contributed by atoms with Crippen LogP contribution in [0.1, 0.15) is 20.3 Å². The van der Waals surface area contributed by atoms with Crippen LogP contribution in [0, 0.1) is 5.92 Å². The lowest BCUT2D eigenvalue weighted by atomic mass is 10.0. The van der Waals surface area contributed by atoms with Crippen molar-refractivity contribution in [3.05, 3.63) is 18.2 Å². The molecule has 1 aliphatic heterocycles. The van der Waals surface area contributed by atoms with Gasteiger partial charge in [0.2, 0.25) is 0 Å². The van der Waals surface area contributed by atoms with E-state index in [1.165, 1.54) is 18.2 Å². The lowest BCUT2D eigenvalue weighted by Gasteiger charge is -2.27. The predicted octanol–water partition coefficient (Wildman–Crippen LogP) is 2.36. The average Bonchev–Trinajstić information content (AvgIpc) is 2.27. The Bertz CT molecular complexity index is 612. The molecule has 1 N–H and O–H groups in total. The first-order valence-corrected chi connectivity index (χ1v) is 8.14. The molecule has 1 unspecified atom stereocenters. The van der Waals surface area contributed by atoms with Gasteiger partial charge >= 0.3 is 0 Å². The number of amides is 1. The van der Waals surface area contributed by atoms with Gasteiger partial charge in [0.1, 0.15) is 5.75 Å². The van der Waals surface area contributed by atoms with Crippen molar-refractivity contribution in [2.75, 3.05) is 5.32 Å². The molecule has 1 amide bonds. The van der Waals surface area contributed by atoms with Crippen LogP contribution in [0.2, 0.25) is 0 Å². The molecule has 0 saturated carbocycles.